The van der Waals surface area contributed by atoms with E-state index in [1.165, 1.54) is 4.90 Å². The van der Waals surface area contributed by atoms with Gasteiger partial charge in [-0.3, -0.25) is 4.79 Å². The molecule has 0 saturated carbocycles. The second kappa shape index (κ2) is 6.67. The Labute approximate surface area is 146 Å². The summed E-state index contributed by atoms with van der Waals surface area (Å²) in [6.45, 7) is 2.38. The minimum Gasteiger partial charge on any atom is -0.334 e. The summed E-state index contributed by atoms with van der Waals surface area (Å²) in [4.78, 5) is 14.0. The van der Waals surface area contributed by atoms with Crippen LogP contribution in [0.15, 0.2) is 24.3 Å². The maximum absolute atomic E-state index is 13.6. The second-order valence-electron chi connectivity index (χ2n) is 6.32. The molecule has 3 rings (SSSR count). The van der Waals surface area contributed by atoms with Crippen LogP contribution in [0.2, 0.25) is 0 Å². The molecule has 0 aliphatic carbocycles. The van der Waals surface area contributed by atoms with Crippen molar-refractivity contribution in [2.24, 2.45) is 11.7 Å². The third-order valence-electron chi connectivity index (χ3n) is 4.47. The number of carbonyl (C=O) groups is 1. The molecule has 2 atom stereocenters. The fourth-order valence-electron chi connectivity index (χ4n) is 3.18. The number of nitrogens with two attached hydrogens (primary N) is 1. The summed E-state index contributed by atoms with van der Waals surface area (Å²) in [5, 5.41) is 6.98. The molecule has 0 bridgehead atoms. The smallest absolute Gasteiger partial charge is 0.334 e. The van der Waals surface area contributed by atoms with E-state index in [1.54, 1.807) is 6.92 Å². The van der Waals surface area contributed by atoms with Crippen LogP contribution >= 0.6 is 0 Å². The number of carbonyl (C=O) groups excluding carboxylic acids is 1. The Morgan fingerprint density at radius 1 is 1.31 bits per heavy atom. The van der Waals surface area contributed by atoms with Crippen molar-refractivity contribution in [1.29, 1.82) is 0 Å². The molecule has 1 aromatic heterocycles. The molecule has 1 saturated heterocycles. The van der Waals surface area contributed by atoms with Gasteiger partial charge in [-0.15, -0.1) is 5.10 Å². The molecule has 1 fully saturated rings. The molecule has 2 aromatic rings. The minimum absolute atomic E-state index is 0.0374. The Morgan fingerprint density at radius 3 is 2.50 bits per heavy atom. The molecule has 6 nitrogen and oxygen atoms in total. The van der Waals surface area contributed by atoms with Gasteiger partial charge in [0.25, 0.3) is 5.91 Å². The van der Waals surface area contributed by atoms with E-state index in [0.717, 1.165) is 24.3 Å². The number of likely N-dealkylation sites (tertiary alicyclic amines) is 1. The van der Waals surface area contributed by atoms with E-state index >= 15 is 0 Å². The number of nitrogens with zero attached hydrogens (tertiary/aromatic N) is 4. The van der Waals surface area contributed by atoms with E-state index in [9.17, 15) is 22.4 Å². The average Bonchev–Trinajstić information content (AvgIpc) is 3.18. The molecular weight excluding hydrogens is 354 g/mol. The predicted molar refractivity (Wildman–Crippen MR) is 84.0 cm³/mol. The van der Waals surface area contributed by atoms with Crippen molar-refractivity contribution in [2.75, 3.05) is 13.1 Å². The first-order valence-corrected chi connectivity index (χ1v) is 8.02. The van der Waals surface area contributed by atoms with Crippen LogP contribution in [0.1, 0.15) is 29.5 Å². The highest BCUT2D eigenvalue weighted by Gasteiger charge is 2.44. The summed E-state index contributed by atoms with van der Waals surface area (Å²) in [5.74, 6) is -1.40. The van der Waals surface area contributed by atoms with Crippen molar-refractivity contribution in [1.82, 2.24) is 19.9 Å². The Bertz CT molecular complexity index is 802. The van der Waals surface area contributed by atoms with Gasteiger partial charge in [-0.25, -0.2) is 9.07 Å². The first-order valence-electron chi connectivity index (χ1n) is 8.02. The molecule has 0 spiro atoms. The van der Waals surface area contributed by atoms with Gasteiger partial charge in [0.15, 0.2) is 11.4 Å². The first kappa shape index (κ1) is 18.3. The third-order valence-corrected chi connectivity index (χ3v) is 4.47. The standard InChI is InChI=1S/C16H17F4N5O/c1-9-6-10(7-21)8-24(9)15(26)13-14(16(18,19)20)25(23-22-13)12-4-2-11(17)3-5-12/h2-5,9-10H,6-8,21H2,1H3. The van der Waals surface area contributed by atoms with Gasteiger partial charge in [0.05, 0.1) is 5.69 Å². The topological polar surface area (TPSA) is 77.0 Å². The molecule has 2 N–H and O–H groups in total. The Hall–Kier alpha value is -2.49. The molecule has 2 heterocycles. The van der Waals surface area contributed by atoms with Crippen LogP contribution in [0.4, 0.5) is 17.6 Å². The fraction of sp³-hybridized carbons (Fsp3) is 0.438. The van der Waals surface area contributed by atoms with Crippen LogP contribution < -0.4 is 5.73 Å². The van der Waals surface area contributed by atoms with Gasteiger partial charge in [-0.1, -0.05) is 5.21 Å². The lowest BCUT2D eigenvalue weighted by atomic mass is 10.1. The molecule has 1 aromatic carbocycles. The zero-order valence-electron chi connectivity index (χ0n) is 13.9. The number of amides is 1. The molecule has 140 valence electrons. The van der Waals surface area contributed by atoms with Crippen LogP contribution in [0.5, 0.6) is 0 Å². The molecule has 1 aliphatic heterocycles. The van der Waals surface area contributed by atoms with Crippen molar-refractivity contribution in [3.05, 3.63) is 41.5 Å². The van der Waals surface area contributed by atoms with Crippen LogP contribution in [0, 0.1) is 11.7 Å². The largest absolute Gasteiger partial charge is 0.435 e. The molecule has 26 heavy (non-hydrogen) atoms. The average molecular weight is 371 g/mol. The lowest BCUT2D eigenvalue weighted by Crippen LogP contribution is -2.36. The zero-order chi connectivity index (χ0) is 19.1. The molecule has 1 amide bonds. The van der Waals surface area contributed by atoms with Gasteiger partial charge in [0, 0.05) is 12.6 Å². The third kappa shape index (κ3) is 3.28. The highest BCUT2D eigenvalue weighted by atomic mass is 19.4. The van der Waals surface area contributed by atoms with Crippen LogP contribution in [0.25, 0.3) is 5.69 Å². The Morgan fingerprint density at radius 2 is 1.96 bits per heavy atom. The van der Waals surface area contributed by atoms with Crippen LogP contribution in [0.3, 0.4) is 0 Å². The van der Waals surface area contributed by atoms with Gasteiger partial charge in [-0.05, 0) is 50.1 Å². The summed E-state index contributed by atoms with van der Waals surface area (Å²) in [6, 6.07) is 4.04. The van der Waals surface area contributed by atoms with E-state index in [0.29, 0.717) is 17.6 Å². The maximum Gasteiger partial charge on any atom is 0.435 e. The SMILES string of the molecule is CC1CC(CN)CN1C(=O)c1nnn(-c2ccc(F)cc2)c1C(F)(F)F. The van der Waals surface area contributed by atoms with Crippen molar-refractivity contribution >= 4 is 5.91 Å². The highest BCUT2D eigenvalue weighted by Crippen LogP contribution is 2.34. The lowest BCUT2D eigenvalue weighted by molar-refractivity contribution is -0.143. The number of halogens is 4. The molecule has 2 unspecified atom stereocenters. The van der Waals surface area contributed by atoms with Gasteiger partial charge in [0.1, 0.15) is 5.82 Å². The number of rotatable bonds is 3. The molecule has 10 heteroatoms. The monoisotopic (exact) mass is 371 g/mol. The van der Waals surface area contributed by atoms with Crippen molar-refractivity contribution in [2.45, 2.75) is 25.6 Å². The molecule has 0 radical (unpaired) electrons. The summed E-state index contributed by atoms with van der Waals surface area (Å²) in [7, 11) is 0. The number of alkyl halides is 3. The quantitative estimate of drug-likeness (QED) is 0.840. The molecule has 1 aliphatic rings. The maximum atomic E-state index is 13.6. The van der Waals surface area contributed by atoms with Crippen LogP contribution in [-0.4, -0.2) is 44.9 Å². The summed E-state index contributed by atoms with van der Waals surface area (Å²) in [6.07, 6.45) is -4.24. The molecular formula is C16H17F4N5O. The van der Waals surface area contributed by atoms with E-state index < -0.39 is 29.3 Å². The summed E-state index contributed by atoms with van der Waals surface area (Å²) < 4.78 is 54.4. The predicted octanol–water partition coefficient (Wildman–Crippen LogP) is 2.23. The number of aromatic nitrogens is 3. The van der Waals surface area contributed by atoms with Gasteiger partial charge >= 0.3 is 6.18 Å². The summed E-state index contributed by atoms with van der Waals surface area (Å²) in [5.41, 5.74) is 3.51. The number of hydrogen-bond donors (Lipinski definition) is 1. The highest BCUT2D eigenvalue weighted by molar-refractivity contribution is 5.94. The Kier molecular flexibility index (Phi) is 4.70. The van der Waals surface area contributed by atoms with E-state index in [2.05, 4.69) is 10.3 Å². The minimum atomic E-state index is -4.86. The van der Waals surface area contributed by atoms with Crippen molar-refractivity contribution < 1.29 is 22.4 Å². The normalized spacial score (nSPS) is 20.6. The van der Waals surface area contributed by atoms with Crippen molar-refractivity contribution in [3.63, 3.8) is 0 Å². The van der Waals surface area contributed by atoms with Crippen LogP contribution in [-0.2, 0) is 6.18 Å². The van der Waals surface area contributed by atoms with Gasteiger partial charge in [-0.2, -0.15) is 13.2 Å². The van der Waals surface area contributed by atoms with Gasteiger partial charge < -0.3 is 10.6 Å². The van der Waals surface area contributed by atoms with E-state index in [4.69, 9.17) is 5.73 Å². The van der Waals surface area contributed by atoms with E-state index in [-0.39, 0.29) is 24.2 Å². The lowest BCUT2D eigenvalue weighted by Gasteiger charge is -2.21. The number of hydrogen-bond acceptors (Lipinski definition) is 4. The fourth-order valence-corrected chi connectivity index (χ4v) is 3.18. The van der Waals surface area contributed by atoms with Gasteiger partial charge in [0.2, 0.25) is 0 Å². The second-order valence-corrected chi connectivity index (χ2v) is 6.32. The first-order chi connectivity index (χ1) is 12.2. The summed E-state index contributed by atoms with van der Waals surface area (Å²) >= 11 is 0. The van der Waals surface area contributed by atoms with Crippen molar-refractivity contribution in [3.8, 4) is 5.69 Å². The number of benzene rings is 1. The van der Waals surface area contributed by atoms with E-state index in [1.807, 2.05) is 0 Å². The Balaban J connectivity index is 2.03. The zero-order valence-corrected chi connectivity index (χ0v) is 13.9.